The van der Waals surface area contributed by atoms with Crippen molar-refractivity contribution in [2.45, 2.75) is 34.1 Å². The van der Waals surface area contributed by atoms with Crippen molar-refractivity contribution in [1.82, 2.24) is 5.32 Å². The van der Waals surface area contributed by atoms with E-state index in [1.807, 2.05) is 64.1 Å². The molecule has 0 bridgehead atoms. The van der Waals surface area contributed by atoms with Crippen LogP contribution in [0.1, 0.15) is 39.7 Å². The molecule has 2 rings (SSSR count). The minimum Gasteiger partial charge on any atom is -0.490 e. The maximum absolute atomic E-state index is 12.6. The highest BCUT2D eigenvalue weighted by molar-refractivity contribution is 6.37. The average Bonchev–Trinajstić information content (AvgIpc) is 2.70. The van der Waals surface area contributed by atoms with Crippen LogP contribution in [0.25, 0.3) is 5.57 Å². The molecule has 0 aliphatic carbocycles. The summed E-state index contributed by atoms with van der Waals surface area (Å²) in [5, 5.41) is 3.73. The van der Waals surface area contributed by atoms with Gasteiger partial charge in [-0.1, -0.05) is 64.7 Å². The number of carbonyl (C=O) groups is 1. The van der Waals surface area contributed by atoms with Crippen LogP contribution in [-0.4, -0.2) is 25.7 Å². The highest BCUT2D eigenvalue weighted by atomic mass is 35.5. The molecule has 0 saturated carbocycles. The van der Waals surface area contributed by atoms with Crippen molar-refractivity contribution in [3.05, 3.63) is 75.3 Å². The maximum Gasteiger partial charge on any atom is 0.251 e. The Kier molecular flexibility index (Phi) is 9.96. The third kappa shape index (κ3) is 7.97. The van der Waals surface area contributed by atoms with Crippen molar-refractivity contribution in [1.29, 1.82) is 0 Å². The second kappa shape index (κ2) is 12.4. The second-order valence-electron chi connectivity index (χ2n) is 7.51. The Labute approximate surface area is 194 Å². The molecule has 0 fully saturated rings. The van der Waals surface area contributed by atoms with Gasteiger partial charge in [0.1, 0.15) is 12.4 Å². The SMILES string of the molecule is CC(C)=CCOc1cc(Cl)c(OCCCNC(=O)C(=C(C)C)c2ccccc2)c(Cl)c1. The lowest BCUT2D eigenvalue weighted by Crippen LogP contribution is -2.27. The minimum atomic E-state index is -0.0971. The molecule has 4 nitrogen and oxygen atoms in total. The summed E-state index contributed by atoms with van der Waals surface area (Å²) in [6, 6.07) is 13.0. The van der Waals surface area contributed by atoms with Gasteiger partial charge in [-0.15, -0.1) is 0 Å². The van der Waals surface area contributed by atoms with Gasteiger partial charge in [-0.05, 0) is 45.8 Å². The Balaban J connectivity index is 1.85. The minimum absolute atomic E-state index is 0.0971. The number of benzene rings is 2. The van der Waals surface area contributed by atoms with Crippen LogP contribution in [0.15, 0.2) is 59.7 Å². The predicted octanol–water partition coefficient (Wildman–Crippen LogP) is 6.72. The standard InChI is InChI=1S/C25H29Cl2NO3/c1-17(2)11-14-30-20-15-21(26)24(22(27)16-20)31-13-8-12-28-25(29)23(18(3)4)19-9-6-5-7-10-19/h5-7,9-11,15-16H,8,12-14H2,1-4H3,(H,28,29). The van der Waals surface area contributed by atoms with Crippen LogP contribution in [0.3, 0.4) is 0 Å². The molecule has 0 aliphatic heterocycles. The van der Waals surface area contributed by atoms with Gasteiger partial charge < -0.3 is 14.8 Å². The molecular weight excluding hydrogens is 433 g/mol. The molecule has 0 aliphatic rings. The van der Waals surface area contributed by atoms with Gasteiger partial charge in [0.25, 0.3) is 5.91 Å². The zero-order valence-corrected chi connectivity index (χ0v) is 19.9. The smallest absolute Gasteiger partial charge is 0.251 e. The summed E-state index contributed by atoms with van der Waals surface area (Å²) in [7, 11) is 0. The number of amides is 1. The summed E-state index contributed by atoms with van der Waals surface area (Å²) in [6.45, 7) is 9.17. The highest BCUT2D eigenvalue weighted by Gasteiger charge is 2.13. The van der Waals surface area contributed by atoms with E-state index in [-0.39, 0.29) is 5.91 Å². The Morgan fingerprint density at radius 2 is 1.65 bits per heavy atom. The fourth-order valence-corrected chi connectivity index (χ4v) is 3.43. The van der Waals surface area contributed by atoms with E-state index in [2.05, 4.69) is 5.32 Å². The van der Waals surface area contributed by atoms with Crippen LogP contribution in [-0.2, 0) is 4.79 Å². The Morgan fingerprint density at radius 1 is 1.00 bits per heavy atom. The third-order valence-electron chi connectivity index (χ3n) is 4.36. The van der Waals surface area contributed by atoms with E-state index in [0.29, 0.717) is 53.3 Å². The molecule has 0 spiro atoms. The predicted molar refractivity (Wildman–Crippen MR) is 129 cm³/mol. The maximum atomic E-state index is 12.6. The fourth-order valence-electron chi connectivity index (χ4n) is 2.85. The number of nitrogens with one attached hydrogen (secondary N) is 1. The van der Waals surface area contributed by atoms with Gasteiger partial charge >= 0.3 is 0 Å². The highest BCUT2D eigenvalue weighted by Crippen LogP contribution is 2.37. The Hall–Kier alpha value is -2.43. The van der Waals surface area contributed by atoms with Crippen LogP contribution < -0.4 is 14.8 Å². The lowest BCUT2D eigenvalue weighted by molar-refractivity contribution is -0.115. The van der Waals surface area contributed by atoms with E-state index in [9.17, 15) is 4.79 Å². The lowest BCUT2D eigenvalue weighted by atomic mass is 10.0. The van der Waals surface area contributed by atoms with Crippen LogP contribution >= 0.6 is 23.2 Å². The van der Waals surface area contributed by atoms with Crippen molar-refractivity contribution < 1.29 is 14.3 Å². The Morgan fingerprint density at radius 3 is 2.23 bits per heavy atom. The first kappa shape index (κ1) is 24.8. The van der Waals surface area contributed by atoms with Crippen LogP contribution in [0, 0.1) is 0 Å². The van der Waals surface area contributed by atoms with E-state index in [1.165, 1.54) is 5.57 Å². The van der Waals surface area contributed by atoms with Crippen molar-refractivity contribution in [2.24, 2.45) is 0 Å². The lowest BCUT2D eigenvalue weighted by Gasteiger charge is -2.13. The molecule has 166 valence electrons. The summed E-state index contributed by atoms with van der Waals surface area (Å²) in [6.07, 6.45) is 2.58. The quantitative estimate of drug-likeness (QED) is 0.242. The van der Waals surface area contributed by atoms with Gasteiger partial charge in [-0.25, -0.2) is 0 Å². The second-order valence-corrected chi connectivity index (χ2v) is 8.32. The fraction of sp³-hybridized carbons (Fsp3) is 0.320. The molecule has 1 N–H and O–H groups in total. The summed E-state index contributed by atoms with van der Waals surface area (Å²) in [5.74, 6) is 0.904. The van der Waals surface area contributed by atoms with Gasteiger partial charge in [0, 0.05) is 24.3 Å². The number of allylic oxidation sites excluding steroid dienone is 2. The topological polar surface area (TPSA) is 47.6 Å². The largest absolute Gasteiger partial charge is 0.490 e. The molecule has 2 aromatic carbocycles. The summed E-state index contributed by atoms with van der Waals surface area (Å²) in [4.78, 5) is 12.6. The van der Waals surface area contributed by atoms with Crippen molar-refractivity contribution in [3.8, 4) is 11.5 Å². The van der Waals surface area contributed by atoms with Gasteiger partial charge in [0.15, 0.2) is 5.75 Å². The zero-order valence-electron chi connectivity index (χ0n) is 18.4. The van der Waals surface area contributed by atoms with Crippen LogP contribution in [0.2, 0.25) is 10.0 Å². The number of hydrogen-bond donors (Lipinski definition) is 1. The van der Waals surface area contributed by atoms with E-state index in [1.54, 1.807) is 12.1 Å². The van der Waals surface area contributed by atoms with E-state index in [4.69, 9.17) is 32.7 Å². The summed E-state index contributed by atoms with van der Waals surface area (Å²) < 4.78 is 11.4. The number of rotatable bonds is 10. The van der Waals surface area contributed by atoms with Gasteiger partial charge in [-0.3, -0.25) is 4.79 Å². The van der Waals surface area contributed by atoms with Crippen molar-refractivity contribution in [3.63, 3.8) is 0 Å². The number of hydrogen-bond acceptors (Lipinski definition) is 3. The third-order valence-corrected chi connectivity index (χ3v) is 4.92. The summed E-state index contributed by atoms with van der Waals surface area (Å²) >= 11 is 12.6. The monoisotopic (exact) mass is 461 g/mol. The van der Waals surface area contributed by atoms with Gasteiger partial charge in [0.05, 0.1) is 16.7 Å². The Bertz CT molecular complexity index is 921. The molecule has 0 saturated heterocycles. The zero-order chi connectivity index (χ0) is 22.8. The molecule has 0 radical (unpaired) electrons. The molecule has 0 aromatic heterocycles. The molecular formula is C25H29Cl2NO3. The molecule has 6 heteroatoms. The van der Waals surface area contributed by atoms with Crippen LogP contribution in [0.5, 0.6) is 11.5 Å². The number of halogens is 2. The molecule has 2 aromatic rings. The molecule has 1 amide bonds. The number of carbonyl (C=O) groups excluding carboxylic acids is 1. The van der Waals surface area contributed by atoms with E-state index >= 15 is 0 Å². The number of ether oxygens (including phenoxy) is 2. The summed E-state index contributed by atoms with van der Waals surface area (Å²) in [5.41, 5.74) is 3.73. The average molecular weight is 462 g/mol. The van der Waals surface area contributed by atoms with Crippen LogP contribution in [0.4, 0.5) is 0 Å². The van der Waals surface area contributed by atoms with Crippen molar-refractivity contribution in [2.75, 3.05) is 19.8 Å². The van der Waals surface area contributed by atoms with Gasteiger partial charge in [-0.2, -0.15) is 0 Å². The molecule has 0 atom stereocenters. The molecule has 0 unspecified atom stereocenters. The van der Waals surface area contributed by atoms with Gasteiger partial charge in [0.2, 0.25) is 0 Å². The van der Waals surface area contributed by atoms with E-state index in [0.717, 1.165) is 11.1 Å². The molecule has 31 heavy (non-hydrogen) atoms. The van der Waals surface area contributed by atoms with Crippen molar-refractivity contribution >= 4 is 34.7 Å². The first-order chi connectivity index (χ1) is 14.8. The normalized spacial score (nSPS) is 10.3. The first-order valence-electron chi connectivity index (χ1n) is 10.2. The van der Waals surface area contributed by atoms with E-state index < -0.39 is 0 Å². The first-order valence-corrected chi connectivity index (χ1v) is 10.9. The molecule has 0 heterocycles.